The van der Waals surface area contributed by atoms with Crippen LogP contribution in [-0.2, 0) is 0 Å². The predicted octanol–water partition coefficient (Wildman–Crippen LogP) is 4.31. The molecule has 2 atom stereocenters. The van der Waals surface area contributed by atoms with Crippen molar-refractivity contribution >= 4 is 0 Å². The van der Waals surface area contributed by atoms with Gasteiger partial charge >= 0.3 is 0 Å². The average Bonchev–Trinajstić information content (AvgIpc) is 2.38. The Morgan fingerprint density at radius 1 is 0.947 bits per heavy atom. The van der Waals surface area contributed by atoms with E-state index in [1.807, 2.05) is 6.08 Å². The highest BCUT2D eigenvalue weighted by Gasteiger charge is 2.16. The fourth-order valence-electron chi connectivity index (χ4n) is 2.52. The van der Waals surface area contributed by atoms with Gasteiger partial charge in [0.25, 0.3) is 0 Å². The minimum Gasteiger partial charge on any atom is -0.396 e. The molecule has 0 radical (unpaired) electrons. The van der Waals surface area contributed by atoms with Crippen LogP contribution in [0.3, 0.4) is 0 Å². The summed E-state index contributed by atoms with van der Waals surface area (Å²) in [5.41, 5.74) is 0. The average molecular weight is 270 g/mol. The summed E-state index contributed by atoms with van der Waals surface area (Å²) in [5, 5.41) is 18.8. The highest BCUT2D eigenvalue weighted by molar-refractivity contribution is 4.85. The Balaban J connectivity index is 3.50. The zero-order valence-corrected chi connectivity index (χ0v) is 13.0. The Morgan fingerprint density at radius 2 is 1.47 bits per heavy atom. The van der Waals surface area contributed by atoms with E-state index in [0.717, 1.165) is 32.1 Å². The Hall–Kier alpha value is -0.340. The van der Waals surface area contributed by atoms with Gasteiger partial charge in [0.05, 0.1) is 6.10 Å². The van der Waals surface area contributed by atoms with Gasteiger partial charge in [0.1, 0.15) is 0 Å². The molecular formula is C17H34O2. The topological polar surface area (TPSA) is 40.5 Å². The number of aliphatic hydroxyl groups excluding tert-OH is 2. The number of unbranched alkanes of at least 4 members (excludes halogenated alkanes) is 6. The van der Waals surface area contributed by atoms with Gasteiger partial charge in [-0.2, -0.15) is 0 Å². The molecule has 0 unspecified atom stereocenters. The van der Waals surface area contributed by atoms with Crippen molar-refractivity contribution in [2.24, 2.45) is 11.8 Å². The van der Waals surface area contributed by atoms with Gasteiger partial charge in [0.2, 0.25) is 0 Å². The molecule has 2 N–H and O–H groups in total. The molecule has 0 spiro atoms. The van der Waals surface area contributed by atoms with Crippen molar-refractivity contribution in [3.63, 3.8) is 0 Å². The Kier molecular flexibility index (Phi) is 12.5. The summed E-state index contributed by atoms with van der Waals surface area (Å²) in [5.74, 6) is 0.869. The van der Waals surface area contributed by atoms with Crippen LogP contribution in [0.4, 0.5) is 0 Å². The van der Waals surface area contributed by atoms with Crippen LogP contribution < -0.4 is 0 Å². The van der Waals surface area contributed by atoms with Crippen LogP contribution in [0.5, 0.6) is 0 Å². The minimum absolute atomic E-state index is 0.214. The van der Waals surface area contributed by atoms with Crippen molar-refractivity contribution in [1.82, 2.24) is 0 Å². The van der Waals surface area contributed by atoms with E-state index in [9.17, 15) is 5.11 Å². The Labute approximate surface area is 119 Å². The third-order valence-corrected chi connectivity index (χ3v) is 3.70. The lowest BCUT2D eigenvalue weighted by molar-refractivity contribution is 0.107. The van der Waals surface area contributed by atoms with E-state index in [1.165, 1.54) is 25.7 Å². The van der Waals surface area contributed by atoms with Crippen molar-refractivity contribution in [2.45, 2.75) is 77.7 Å². The van der Waals surface area contributed by atoms with Crippen LogP contribution in [0.2, 0.25) is 0 Å². The molecule has 0 aliphatic carbocycles. The van der Waals surface area contributed by atoms with Crippen LogP contribution in [0, 0.1) is 11.8 Å². The lowest BCUT2D eigenvalue weighted by atomic mass is 9.89. The molecule has 0 heterocycles. The first-order valence-electron chi connectivity index (χ1n) is 8.03. The quantitative estimate of drug-likeness (QED) is 0.387. The molecule has 2 nitrogen and oxygen atoms in total. The van der Waals surface area contributed by atoms with Crippen molar-refractivity contribution in [3.05, 3.63) is 12.7 Å². The zero-order chi connectivity index (χ0) is 14.5. The van der Waals surface area contributed by atoms with E-state index >= 15 is 0 Å². The first-order chi connectivity index (χ1) is 9.11. The summed E-state index contributed by atoms with van der Waals surface area (Å²) >= 11 is 0. The van der Waals surface area contributed by atoms with E-state index in [4.69, 9.17) is 5.11 Å². The summed E-state index contributed by atoms with van der Waals surface area (Å²) in [7, 11) is 0. The fourth-order valence-corrected chi connectivity index (χ4v) is 2.52. The molecule has 0 amide bonds. The van der Waals surface area contributed by atoms with E-state index in [2.05, 4.69) is 20.4 Å². The smallest absolute Gasteiger partial charge is 0.0602 e. The Bertz CT molecular complexity index is 201. The van der Waals surface area contributed by atoms with Gasteiger partial charge in [-0.3, -0.25) is 0 Å². The molecule has 0 aromatic carbocycles. The van der Waals surface area contributed by atoms with Gasteiger partial charge in [0, 0.05) is 12.5 Å². The lowest BCUT2D eigenvalue weighted by Gasteiger charge is -2.21. The second-order valence-corrected chi connectivity index (χ2v) is 6.08. The SMILES string of the molecule is C=C[C@H](CC(C)C)[C@H](O)CCCCCCCCCO. The monoisotopic (exact) mass is 270 g/mol. The zero-order valence-electron chi connectivity index (χ0n) is 13.0. The van der Waals surface area contributed by atoms with Crippen LogP contribution in [-0.4, -0.2) is 22.9 Å². The standard InChI is InChI=1S/C17H34O2/c1-4-16(14-15(2)3)17(19)12-10-8-6-5-7-9-11-13-18/h4,15-19H,1,5-14H2,2-3H3/t16-,17-/m1/s1. The van der Waals surface area contributed by atoms with Gasteiger partial charge in [-0.25, -0.2) is 0 Å². The van der Waals surface area contributed by atoms with Crippen LogP contribution in [0.15, 0.2) is 12.7 Å². The van der Waals surface area contributed by atoms with Crippen molar-refractivity contribution in [2.75, 3.05) is 6.61 Å². The summed E-state index contributed by atoms with van der Waals surface area (Å²) in [4.78, 5) is 0. The molecule has 0 bridgehead atoms. The van der Waals surface area contributed by atoms with E-state index in [0.29, 0.717) is 12.5 Å². The first-order valence-corrected chi connectivity index (χ1v) is 8.03. The second-order valence-electron chi connectivity index (χ2n) is 6.08. The molecule has 0 saturated heterocycles. The maximum atomic E-state index is 10.1. The van der Waals surface area contributed by atoms with Crippen molar-refractivity contribution in [3.8, 4) is 0 Å². The lowest BCUT2D eigenvalue weighted by Crippen LogP contribution is -2.20. The van der Waals surface area contributed by atoms with Crippen LogP contribution >= 0.6 is 0 Å². The number of aliphatic hydroxyl groups is 2. The highest BCUT2D eigenvalue weighted by atomic mass is 16.3. The Morgan fingerprint density at radius 3 is 1.95 bits per heavy atom. The highest BCUT2D eigenvalue weighted by Crippen LogP contribution is 2.21. The van der Waals surface area contributed by atoms with Gasteiger partial charge in [-0.05, 0) is 25.2 Å². The van der Waals surface area contributed by atoms with Crippen LogP contribution in [0.1, 0.15) is 71.6 Å². The minimum atomic E-state index is -0.214. The number of hydrogen-bond donors (Lipinski definition) is 2. The summed E-state index contributed by atoms with van der Waals surface area (Å²) < 4.78 is 0. The maximum absolute atomic E-state index is 10.1. The molecule has 0 aromatic rings. The predicted molar refractivity (Wildman–Crippen MR) is 83.2 cm³/mol. The summed E-state index contributed by atoms with van der Waals surface area (Å²) in [6, 6.07) is 0. The van der Waals surface area contributed by atoms with E-state index < -0.39 is 0 Å². The molecule has 0 rings (SSSR count). The molecule has 0 aliphatic rings. The molecule has 0 saturated carbocycles. The van der Waals surface area contributed by atoms with Gasteiger partial charge in [0.15, 0.2) is 0 Å². The van der Waals surface area contributed by atoms with Crippen molar-refractivity contribution < 1.29 is 10.2 Å². The first kappa shape index (κ1) is 18.7. The third-order valence-electron chi connectivity index (χ3n) is 3.70. The summed E-state index contributed by atoms with van der Waals surface area (Å²) in [6.45, 7) is 8.55. The van der Waals surface area contributed by atoms with Crippen LogP contribution in [0.25, 0.3) is 0 Å². The molecule has 0 aromatic heterocycles. The largest absolute Gasteiger partial charge is 0.396 e. The normalized spacial score (nSPS) is 14.6. The van der Waals surface area contributed by atoms with E-state index in [1.54, 1.807) is 0 Å². The molecular weight excluding hydrogens is 236 g/mol. The van der Waals surface area contributed by atoms with E-state index in [-0.39, 0.29) is 12.0 Å². The molecule has 114 valence electrons. The number of rotatable bonds is 13. The molecule has 19 heavy (non-hydrogen) atoms. The molecule has 0 fully saturated rings. The molecule has 0 aliphatic heterocycles. The molecule has 2 heteroatoms. The van der Waals surface area contributed by atoms with Crippen molar-refractivity contribution in [1.29, 1.82) is 0 Å². The van der Waals surface area contributed by atoms with Gasteiger partial charge < -0.3 is 10.2 Å². The fraction of sp³-hybridized carbons (Fsp3) is 0.882. The van der Waals surface area contributed by atoms with Gasteiger partial charge in [-0.1, -0.05) is 58.4 Å². The maximum Gasteiger partial charge on any atom is 0.0602 e. The third kappa shape index (κ3) is 11.2. The number of hydrogen-bond acceptors (Lipinski definition) is 2. The van der Waals surface area contributed by atoms with Gasteiger partial charge in [-0.15, -0.1) is 6.58 Å². The summed E-state index contributed by atoms with van der Waals surface area (Å²) in [6.07, 6.45) is 11.8. The second kappa shape index (κ2) is 12.7.